The van der Waals surface area contributed by atoms with E-state index >= 15 is 0 Å². The predicted molar refractivity (Wildman–Crippen MR) is 77.0 cm³/mol. The largest absolute Gasteiger partial charge is 0.497 e. The van der Waals surface area contributed by atoms with E-state index in [9.17, 15) is 4.79 Å². The third-order valence-corrected chi connectivity index (χ3v) is 3.10. The summed E-state index contributed by atoms with van der Waals surface area (Å²) in [7, 11) is 1.58. The van der Waals surface area contributed by atoms with Gasteiger partial charge in [0.25, 0.3) is 0 Å². The first-order valence-electron chi connectivity index (χ1n) is 6.23. The molecule has 3 aromatic rings. The van der Waals surface area contributed by atoms with E-state index in [-0.39, 0.29) is 0 Å². The number of nitrogens with zero attached hydrogens (tertiary/aromatic N) is 1. The summed E-state index contributed by atoms with van der Waals surface area (Å²) in [5, 5.41) is 0.446. The van der Waals surface area contributed by atoms with E-state index in [1.54, 1.807) is 25.3 Å². The molecule has 0 amide bonds. The van der Waals surface area contributed by atoms with E-state index < -0.39 is 5.63 Å². The van der Waals surface area contributed by atoms with Gasteiger partial charge < -0.3 is 9.15 Å². The maximum atomic E-state index is 12.0. The first-order valence-corrected chi connectivity index (χ1v) is 6.23. The molecule has 4 heteroatoms. The van der Waals surface area contributed by atoms with Gasteiger partial charge >= 0.3 is 5.63 Å². The number of aryl methyl sites for hydroxylation is 1. The summed E-state index contributed by atoms with van der Waals surface area (Å²) in [5.74, 6) is 0.977. The zero-order valence-corrected chi connectivity index (χ0v) is 11.2. The first-order chi connectivity index (χ1) is 9.67. The van der Waals surface area contributed by atoms with Crippen molar-refractivity contribution in [1.29, 1.82) is 0 Å². The molecule has 0 aliphatic carbocycles. The second kappa shape index (κ2) is 4.81. The molecule has 2 aromatic carbocycles. The molecule has 0 aliphatic rings. The van der Waals surface area contributed by atoms with Gasteiger partial charge in [0.1, 0.15) is 5.75 Å². The molecular weight excluding hydrogens is 254 g/mol. The molecule has 4 nitrogen and oxygen atoms in total. The lowest BCUT2D eigenvalue weighted by molar-refractivity contribution is 0.415. The van der Waals surface area contributed by atoms with Gasteiger partial charge in [-0.2, -0.15) is 0 Å². The highest BCUT2D eigenvalue weighted by Gasteiger charge is 2.09. The van der Waals surface area contributed by atoms with Gasteiger partial charge in [0.05, 0.1) is 18.0 Å². The molecule has 1 heterocycles. The minimum Gasteiger partial charge on any atom is -0.497 e. The van der Waals surface area contributed by atoms with Crippen LogP contribution in [0.2, 0.25) is 0 Å². The first kappa shape index (κ1) is 12.4. The summed E-state index contributed by atoms with van der Waals surface area (Å²) in [6.45, 7) is 1.98. The van der Waals surface area contributed by atoms with Crippen molar-refractivity contribution in [3.05, 3.63) is 58.4 Å². The number of hydrogen-bond acceptors (Lipinski definition) is 4. The summed E-state index contributed by atoms with van der Waals surface area (Å²) in [4.78, 5) is 16.4. The highest BCUT2D eigenvalue weighted by atomic mass is 16.5. The molecular formula is C16H13NO3. The van der Waals surface area contributed by atoms with E-state index in [0.717, 1.165) is 11.1 Å². The third kappa shape index (κ3) is 2.16. The summed E-state index contributed by atoms with van der Waals surface area (Å²) < 4.78 is 10.5. The molecule has 0 saturated heterocycles. The Hall–Kier alpha value is -2.62. The van der Waals surface area contributed by atoms with Crippen LogP contribution in [0.4, 0.5) is 0 Å². The normalized spacial score (nSPS) is 10.7. The number of fused-ring (bicyclic) bond motifs is 1. The molecule has 100 valence electrons. The molecule has 0 spiro atoms. The summed E-state index contributed by atoms with van der Waals surface area (Å²) >= 11 is 0. The lowest BCUT2D eigenvalue weighted by Crippen LogP contribution is -2.03. The number of rotatable bonds is 2. The third-order valence-electron chi connectivity index (χ3n) is 3.10. The molecule has 3 rings (SSSR count). The Labute approximate surface area is 115 Å². The average Bonchev–Trinajstić information content (AvgIpc) is 2.46. The number of aromatic nitrogens is 1. The molecule has 0 aliphatic heterocycles. The van der Waals surface area contributed by atoms with Gasteiger partial charge in [-0.3, -0.25) is 0 Å². The van der Waals surface area contributed by atoms with Crippen molar-refractivity contribution in [3.63, 3.8) is 0 Å². The lowest BCUT2D eigenvalue weighted by Gasteiger charge is -2.04. The lowest BCUT2D eigenvalue weighted by atomic mass is 10.1. The van der Waals surface area contributed by atoms with Crippen LogP contribution in [0.3, 0.4) is 0 Å². The van der Waals surface area contributed by atoms with E-state index in [2.05, 4.69) is 4.98 Å². The van der Waals surface area contributed by atoms with Crippen LogP contribution in [0.25, 0.3) is 22.4 Å². The van der Waals surface area contributed by atoms with Crippen molar-refractivity contribution in [1.82, 2.24) is 4.98 Å². The number of benzene rings is 2. The molecule has 0 fully saturated rings. The van der Waals surface area contributed by atoms with E-state index in [1.165, 1.54) is 0 Å². The van der Waals surface area contributed by atoms with Gasteiger partial charge in [-0.25, -0.2) is 9.78 Å². The van der Waals surface area contributed by atoms with E-state index in [4.69, 9.17) is 9.15 Å². The van der Waals surface area contributed by atoms with Crippen LogP contribution in [0.15, 0.2) is 51.7 Å². The number of ether oxygens (including phenoxy) is 1. The van der Waals surface area contributed by atoms with Crippen LogP contribution in [-0.2, 0) is 0 Å². The van der Waals surface area contributed by atoms with Gasteiger partial charge in [-0.1, -0.05) is 17.7 Å². The van der Waals surface area contributed by atoms with Crippen LogP contribution in [-0.4, -0.2) is 12.1 Å². The molecule has 0 N–H and O–H groups in total. The van der Waals surface area contributed by atoms with Crippen LogP contribution in [0, 0.1) is 6.92 Å². The zero-order chi connectivity index (χ0) is 14.1. The maximum Gasteiger partial charge on any atom is 0.347 e. The van der Waals surface area contributed by atoms with Crippen LogP contribution >= 0.6 is 0 Å². The SMILES string of the molecule is COc1ccc2c(=O)oc(-c3cccc(C)c3)nc2c1. The van der Waals surface area contributed by atoms with Crippen molar-refractivity contribution in [2.75, 3.05) is 7.11 Å². The maximum absolute atomic E-state index is 12.0. The number of hydrogen-bond donors (Lipinski definition) is 0. The van der Waals surface area contributed by atoms with Gasteiger partial charge in [0, 0.05) is 11.6 Å². The Morgan fingerprint density at radius 1 is 1.15 bits per heavy atom. The molecule has 0 radical (unpaired) electrons. The second-order valence-corrected chi connectivity index (χ2v) is 4.56. The Morgan fingerprint density at radius 3 is 2.75 bits per heavy atom. The Bertz CT molecular complexity index is 836. The molecule has 0 bridgehead atoms. The quantitative estimate of drug-likeness (QED) is 0.715. The molecule has 20 heavy (non-hydrogen) atoms. The summed E-state index contributed by atoms with van der Waals surface area (Å²) in [6.07, 6.45) is 0. The monoisotopic (exact) mass is 267 g/mol. The van der Waals surface area contributed by atoms with E-state index in [1.807, 2.05) is 31.2 Å². The van der Waals surface area contributed by atoms with Gasteiger partial charge in [0.2, 0.25) is 5.89 Å². The Kier molecular flexibility index (Phi) is 2.99. The van der Waals surface area contributed by atoms with Crippen LogP contribution in [0.5, 0.6) is 5.75 Å². The smallest absolute Gasteiger partial charge is 0.347 e. The fraction of sp³-hybridized carbons (Fsp3) is 0.125. The van der Waals surface area contributed by atoms with Crippen molar-refractivity contribution >= 4 is 10.9 Å². The van der Waals surface area contributed by atoms with Gasteiger partial charge in [0.15, 0.2) is 0 Å². The van der Waals surface area contributed by atoms with Crippen molar-refractivity contribution in [2.45, 2.75) is 6.92 Å². The second-order valence-electron chi connectivity index (χ2n) is 4.56. The minimum absolute atomic E-state index is 0.319. The average molecular weight is 267 g/mol. The fourth-order valence-corrected chi connectivity index (χ4v) is 2.08. The Morgan fingerprint density at radius 2 is 2.00 bits per heavy atom. The zero-order valence-electron chi connectivity index (χ0n) is 11.2. The van der Waals surface area contributed by atoms with Crippen LogP contribution in [0.1, 0.15) is 5.56 Å². The van der Waals surface area contributed by atoms with Crippen LogP contribution < -0.4 is 10.4 Å². The topological polar surface area (TPSA) is 52.3 Å². The molecule has 0 saturated carbocycles. The van der Waals surface area contributed by atoms with Crippen molar-refractivity contribution in [3.8, 4) is 17.2 Å². The molecule has 0 unspecified atom stereocenters. The standard InChI is InChI=1S/C16H13NO3/c1-10-4-3-5-11(8-10)15-17-14-9-12(19-2)6-7-13(14)16(18)20-15/h3-9H,1-2H3. The molecule has 1 aromatic heterocycles. The Balaban J connectivity index is 2.25. The highest BCUT2D eigenvalue weighted by Crippen LogP contribution is 2.22. The summed E-state index contributed by atoms with van der Waals surface area (Å²) in [6, 6.07) is 12.8. The minimum atomic E-state index is -0.394. The van der Waals surface area contributed by atoms with Gasteiger partial charge in [-0.05, 0) is 31.2 Å². The van der Waals surface area contributed by atoms with E-state index in [0.29, 0.717) is 22.5 Å². The molecule has 0 atom stereocenters. The van der Waals surface area contributed by atoms with Crippen molar-refractivity contribution in [2.24, 2.45) is 0 Å². The van der Waals surface area contributed by atoms with Gasteiger partial charge in [-0.15, -0.1) is 0 Å². The highest BCUT2D eigenvalue weighted by molar-refractivity contribution is 5.80. The van der Waals surface area contributed by atoms with Crippen molar-refractivity contribution < 1.29 is 9.15 Å². The fourth-order valence-electron chi connectivity index (χ4n) is 2.08. The number of methoxy groups -OCH3 is 1. The predicted octanol–water partition coefficient (Wildman–Crippen LogP) is 3.17. The summed E-state index contributed by atoms with van der Waals surface area (Å²) in [5.41, 5.74) is 2.04.